The second kappa shape index (κ2) is 9.92. The van der Waals surface area contributed by atoms with E-state index in [9.17, 15) is 9.59 Å². The van der Waals surface area contributed by atoms with Crippen molar-refractivity contribution in [1.29, 1.82) is 0 Å². The number of carbonyl (C=O) groups excluding carboxylic acids is 2. The normalized spacial score (nSPS) is 10.6. The lowest BCUT2D eigenvalue weighted by molar-refractivity contribution is 0.0944. The zero-order valence-electron chi connectivity index (χ0n) is 15.1. The number of nitrogens with zero attached hydrogens (tertiary/aromatic N) is 1. The fourth-order valence-corrected chi connectivity index (χ4v) is 2.57. The molecule has 1 heterocycles. The van der Waals surface area contributed by atoms with Gasteiger partial charge in [-0.1, -0.05) is 43.6 Å². The van der Waals surface area contributed by atoms with E-state index < -0.39 is 0 Å². The summed E-state index contributed by atoms with van der Waals surface area (Å²) in [5.74, 6) is -0.0528. The molecule has 2 amide bonds. The molecule has 0 radical (unpaired) electrons. The Morgan fingerprint density at radius 3 is 2.23 bits per heavy atom. The largest absolute Gasteiger partial charge is 0.351 e. The molecule has 0 bridgehead atoms. The smallest absolute Gasteiger partial charge is 0.269 e. The fourth-order valence-electron chi connectivity index (χ4n) is 2.36. The summed E-state index contributed by atoms with van der Waals surface area (Å²) in [6.07, 6.45) is 1.57. The molecule has 26 heavy (non-hydrogen) atoms. The van der Waals surface area contributed by atoms with E-state index in [-0.39, 0.29) is 23.2 Å². The molecule has 0 aliphatic heterocycles. The van der Waals surface area contributed by atoms with Crippen molar-refractivity contribution in [3.63, 3.8) is 0 Å². The quantitative estimate of drug-likeness (QED) is 0.744. The van der Waals surface area contributed by atoms with Gasteiger partial charge in [-0.3, -0.25) is 9.59 Å². The number of pyridine rings is 1. The summed E-state index contributed by atoms with van der Waals surface area (Å²) < 4.78 is 0. The highest BCUT2D eigenvalue weighted by Gasteiger charge is 2.12. The minimum Gasteiger partial charge on any atom is -0.351 e. The first-order chi connectivity index (χ1) is 12.5. The maximum Gasteiger partial charge on any atom is 0.269 e. The molecule has 0 aliphatic rings. The van der Waals surface area contributed by atoms with Gasteiger partial charge in [-0.25, -0.2) is 4.98 Å². The van der Waals surface area contributed by atoms with Crippen LogP contribution in [0.4, 0.5) is 0 Å². The molecule has 0 saturated heterocycles. The van der Waals surface area contributed by atoms with Gasteiger partial charge < -0.3 is 10.6 Å². The van der Waals surface area contributed by atoms with Crippen molar-refractivity contribution >= 4 is 23.4 Å². The van der Waals surface area contributed by atoms with Crippen LogP contribution in [-0.4, -0.2) is 29.9 Å². The zero-order valence-corrected chi connectivity index (χ0v) is 15.8. The van der Waals surface area contributed by atoms with Crippen LogP contribution < -0.4 is 10.6 Å². The highest BCUT2D eigenvalue weighted by atomic mass is 35.5. The Morgan fingerprint density at radius 2 is 1.62 bits per heavy atom. The van der Waals surface area contributed by atoms with Crippen molar-refractivity contribution in [2.45, 2.75) is 26.7 Å². The molecule has 2 rings (SSSR count). The standard InChI is InChI=1S/C20H24ClN3O2/c1-14(2)9-11-22-19(25)17-7-4-8-18(24-17)20(26)23-12-10-15-5-3-6-16(21)13-15/h3-8,13-14H,9-12H2,1-2H3,(H,22,25)(H,23,26). The third kappa shape index (κ3) is 6.48. The maximum atomic E-state index is 12.2. The van der Waals surface area contributed by atoms with Crippen LogP contribution in [0.5, 0.6) is 0 Å². The van der Waals surface area contributed by atoms with E-state index in [1.165, 1.54) is 0 Å². The van der Waals surface area contributed by atoms with E-state index in [0.717, 1.165) is 12.0 Å². The average Bonchev–Trinajstić information content (AvgIpc) is 2.61. The molecule has 138 valence electrons. The second-order valence-corrected chi connectivity index (χ2v) is 6.92. The van der Waals surface area contributed by atoms with Crippen LogP contribution in [0.1, 0.15) is 46.8 Å². The molecule has 1 aromatic carbocycles. The van der Waals surface area contributed by atoms with E-state index in [1.807, 2.05) is 24.3 Å². The number of amides is 2. The third-order valence-electron chi connectivity index (χ3n) is 3.81. The topological polar surface area (TPSA) is 71.1 Å². The van der Waals surface area contributed by atoms with Crippen LogP contribution in [-0.2, 0) is 6.42 Å². The van der Waals surface area contributed by atoms with Gasteiger partial charge in [0.2, 0.25) is 0 Å². The van der Waals surface area contributed by atoms with E-state index in [4.69, 9.17) is 11.6 Å². The van der Waals surface area contributed by atoms with Gasteiger partial charge in [0.15, 0.2) is 0 Å². The molecule has 0 aliphatic carbocycles. The van der Waals surface area contributed by atoms with Crippen LogP contribution >= 0.6 is 11.6 Å². The summed E-state index contributed by atoms with van der Waals surface area (Å²) in [6.45, 7) is 5.25. The summed E-state index contributed by atoms with van der Waals surface area (Å²) in [5.41, 5.74) is 1.52. The number of hydrogen-bond acceptors (Lipinski definition) is 3. The second-order valence-electron chi connectivity index (χ2n) is 6.48. The lowest BCUT2D eigenvalue weighted by Gasteiger charge is -2.08. The number of aromatic nitrogens is 1. The van der Waals surface area contributed by atoms with Gasteiger partial charge in [-0.05, 0) is 48.6 Å². The summed E-state index contributed by atoms with van der Waals surface area (Å²) in [5, 5.41) is 6.31. The van der Waals surface area contributed by atoms with Crippen LogP contribution in [0.2, 0.25) is 5.02 Å². The molecular weight excluding hydrogens is 350 g/mol. The Bertz CT molecular complexity index is 762. The number of carbonyl (C=O) groups is 2. The maximum absolute atomic E-state index is 12.2. The van der Waals surface area contributed by atoms with E-state index in [0.29, 0.717) is 30.5 Å². The molecule has 5 nitrogen and oxygen atoms in total. The molecule has 0 fully saturated rings. The molecule has 0 spiro atoms. The molecule has 2 N–H and O–H groups in total. The van der Waals surface area contributed by atoms with Gasteiger partial charge in [0.1, 0.15) is 11.4 Å². The van der Waals surface area contributed by atoms with Crippen molar-refractivity contribution in [3.8, 4) is 0 Å². The Balaban J connectivity index is 1.87. The predicted molar refractivity (Wildman–Crippen MR) is 104 cm³/mol. The van der Waals surface area contributed by atoms with E-state index in [2.05, 4.69) is 29.5 Å². The number of halogens is 1. The first kappa shape index (κ1) is 19.9. The molecule has 1 aromatic heterocycles. The first-order valence-electron chi connectivity index (χ1n) is 8.73. The SMILES string of the molecule is CC(C)CCNC(=O)c1cccc(C(=O)NCCc2cccc(Cl)c2)n1. The number of nitrogens with one attached hydrogen (secondary N) is 2. The van der Waals surface area contributed by atoms with Gasteiger partial charge in [0.25, 0.3) is 11.8 Å². The summed E-state index contributed by atoms with van der Waals surface area (Å²) >= 11 is 5.95. The summed E-state index contributed by atoms with van der Waals surface area (Å²) in [7, 11) is 0. The van der Waals surface area contributed by atoms with Crippen molar-refractivity contribution in [2.24, 2.45) is 5.92 Å². The van der Waals surface area contributed by atoms with Crippen molar-refractivity contribution < 1.29 is 9.59 Å². The monoisotopic (exact) mass is 373 g/mol. The highest BCUT2D eigenvalue weighted by molar-refractivity contribution is 6.30. The number of benzene rings is 1. The lowest BCUT2D eigenvalue weighted by atomic mass is 10.1. The number of hydrogen-bond donors (Lipinski definition) is 2. The summed E-state index contributed by atoms with van der Waals surface area (Å²) in [6, 6.07) is 12.4. The predicted octanol–water partition coefficient (Wildman–Crippen LogP) is 3.48. The lowest BCUT2D eigenvalue weighted by Crippen LogP contribution is -2.29. The van der Waals surface area contributed by atoms with E-state index >= 15 is 0 Å². The van der Waals surface area contributed by atoms with Gasteiger partial charge in [0.05, 0.1) is 0 Å². The van der Waals surface area contributed by atoms with Gasteiger partial charge in [-0.15, -0.1) is 0 Å². The van der Waals surface area contributed by atoms with Crippen molar-refractivity contribution in [1.82, 2.24) is 15.6 Å². The Kier molecular flexibility index (Phi) is 7.60. The Morgan fingerprint density at radius 1 is 1.00 bits per heavy atom. The molecule has 0 saturated carbocycles. The van der Waals surface area contributed by atoms with Crippen LogP contribution in [0.25, 0.3) is 0 Å². The van der Waals surface area contributed by atoms with Crippen LogP contribution in [0.15, 0.2) is 42.5 Å². The minimum atomic E-state index is -0.302. The molecular formula is C20H24ClN3O2. The zero-order chi connectivity index (χ0) is 18.9. The third-order valence-corrected chi connectivity index (χ3v) is 4.04. The van der Waals surface area contributed by atoms with Gasteiger partial charge >= 0.3 is 0 Å². The van der Waals surface area contributed by atoms with Crippen LogP contribution in [0.3, 0.4) is 0 Å². The highest BCUT2D eigenvalue weighted by Crippen LogP contribution is 2.10. The Hall–Kier alpha value is -2.40. The fraction of sp³-hybridized carbons (Fsp3) is 0.350. The van der Waals surface area contributed by atoms with Gasteiger partial charge in [-0.2, -0.15) is 0 Å². The molecule has 2 aromatic rings. The minimum absolute atomic E-state index is 0.229. The molecule has 0 unspecified atom stereocenters. The average molecular weight is 374 g/mol. The van der Waals surface area contributed by atoms with E-state index in [1.54, 1.807) is 18.2 Å². The number of rotatable bonds is 8. The summed E-state index contributed by atoms with van der Waals surface area (Å²) in [4.78, 5) is 28.5. The first-order valence-corrected chi connectivity index (χ1v) is 9.11. The molecule has 6 heteroatoms. The van der Waals surface area contributed by atoms with Gasteiger partial charge in [0, 0.05) is 18.1 Å². The van der Waals surface area contributed by atoms with Crippen LogP contribution in [0, 0.1) is 5.92 Å². The Labute approximate surface area is 159 Å². The molecule has 0 atom stereocenters. The van der Waals surface area contributed by atoms with Crippen molar-refractivity contribution in [3.05, 3.63) is 64.4 Å². The van der Waals surface area contributed by atoms with Crippen molar-refractivity contribution in [2.75, 3.05) is 13.1 Å².